The first-order valence-corrected chi connectivity index (χ1v) is 15.8. The zero-order valence-corrected chi connectivity index (χ0v) is 24.2. The van der Waals surface area contributed by atoms with Gasteiger partial charge in [0.2, 0.25) is 0 Å². The summed E-state index contributed by atoms with van der Waals surface area (Å²) in [5, 5.41) is 33.7. The first-order chi connectivity index (χ1) is 20.1. The molecule has 2 saturated carbocycles. The Kier molecular flexibility index (Phi) is 7.57. The first-order valence-electron chi connectivity index (χ1n) is 14.3. The molecule has 4 aliphatic rings. The molecule has 12 nitrogen and oxygen atoms in total. The molecule has 0 amide bonds. The van der Waals surface area contributed by atoms with Crippen molar-refractivity contribution in [2.24, 2.45) is 11.3 Å². The molecule has 0 aromatic heterocycles. The number of nitrogens with zero attached hydrogens (tertiary/aromatic N) is 2. The molecule has 0 radical (unpaired) electrons. The molecule has 2 heterocycles. The molecule has 6 atom stereocenters. The molecule has 2 unspecified atom stereocenters. The lowest BCUT2D eigenvalue weighted by Gasteiger charge is -2.48. The topological polar surface area (TPSA) is 158 Å². The average Bonchev–Trinajstić information content (AvgIpc) is 3.54. The van der Waals surface area contributed by atoms with Crippen molar-refractivity contribution in [3.8, 4) is 5.75 Å². The highest BCUT2D eigenvalue weighted by atomic mass is 32.2. The van der Waals surface area contributed by atoms with E-state index in [1.807, 2.05) is 0 Å². The van der Waals surface area contributed by atoms with Crippen LogP contribution in [0.1, 0.15) is 56.9 Å². The van der Waals surface area contributed by atoms with Crippen LogP contribution in [-0.2, 0) is 30.9 Å². The Bertz CT molecular complexity index is 1420. The maximum absolute atomic E-state index is 13.9. The van der Waals surface area contributed by atoms with Gasteiger partial charge in [-0.25, -0.2) is 8.42 Å². The molecule has 2 aliphatic carbocycles. The molecule has 1 spiro atoms. The zero-order valence-electron chi connectivity index (χ0n) is 23.4. The second-order valence-electron chi connectivity index (χ2n) is 11.7. The number of nitro groups is 1. The Morgan fingerprint density at radius 1 is 1.12 bits per heavy atom. The molecule has 2 saturated heterocycles. The van der Waals surface area contributed by atoms with Gasteiger partial charge in [0.05, 0.1) is 24.7 Å². The van der Waals surface area contributed by atoms with Gasteiger partial charge >= 0.3 is 0 Å². The van der Waals surface area contributed by atoms with Gasteiger partial charge in [-0.3, -0.25) is 15.0 Å². The van der Waals surface area contributed by atoms with Gasteiger partial charge in [0.15, 0.2) is 17.0 Å². The molecular weight excluding hydrogens is 568 g/mol. The second-order valence-corrected chi connectivity index (χ2v) is 13.5. The SMILES string of the molecule is COc1ccc(CON(CCC[C@@]23[C@H]4CCC[C@@H]2OC(O)(C4)[C@@]32CCC(O)O2)S(=O)(=O)c2ccccc2[N+](=O)[O-])cc1. The highest BCUT2D eigenvalue weighted by Crippen LogP contribution is 2.74. The summed E-state index contributed by atoms with van der Waals surface area (Å²) in [5.74, 6) is -0.765. The molecule has 2 aromatic carbocycles. The molecule has 2 aliphatic heterocycles. The van der Waals surface area contributed by atoms with Crippen molar-refractivity contribution in [2.75, 3.05) is 13.7 Å². The summed E-state index contributed by atoms with van der Waals surface area (Å²) in [6, 6.07) is 12.1. The summed E-state index contributed by atoms with van der Waals surface area (Å²) in [4.78, 5) is 16.4. The number of ether oxygens (including phenoxy) is 3. The Labute approximate surface area is 244 Å². The molecule has 228 valence electrons. The van der Waals surface area contributed by atoms with Gasteiger partial charge in [-0.15, -0.1) is 0 Å². The lowest BCUT2D eigenvalue weighted by atomic mass is 9.58. The van der Waals surface area contributed by atoms with Crippen molar-refractivity contribution < 1.29 is 42.6 Å². The van der Waals surface area contributed by atoms with Crippen molar-refractivity contribution in [1.82, 2.24) is 4.47 Å². The molecule has 2 aromatic rings. The van der Waals surface area contributed by atoms with Crippen LogP contribution in [0, 0.1) is 21.4 Å². The standard InChI is InChI=1S/C29H36N2O10S/c1-38-22-12-10-20(11-13-22)19-39-30(42(36,37)24-8-3-2-7-23(24)31(34)35)17-5-15-27-21-6-4-9-25(27)40-29(33,18-21)28(27)16-14-26(32)41-28/h2-3,7-8,10-13,21,25-26,32-33H,4-6,9,14-19H2,1H3/t21-,25-,26?,27+,28+,29?/m0/s1. The third-order valence-electron chi connectivity index (χ3n) is 9.72. The number of benzene rings is 2. The maximum atomic E-state index is 13.9. The number of hydrogen-bond acceptors (Lipinski definition) is 10. The Balaban J connectivity index is 1.28. The maximum Gasteiger partial charge on any atom is 0.289 e. The van der Waals surface area contributed by atoms with E-state index in [1.165, 1.54) is 18.2 Å². The molecule has 42 heavy (non-hydrogen) atoms. The Morgan fingerprint density at radius 3 is 2.55 bits per heavy atom. The number of methoxy groups -OCH3 is 1. The van der Waals surface area contributed by atoms with Crippen LogP contribution in [0.2, 0.25) is 0 Å². The van der Waals surface area contributed by atoms with Gasteiger partial charge in [-0.1, -0.05) is 35.2 Å². The number of para-hydroxylation sites is 1. The predicted molar refractivity (Wildman–Crippen MR) is 147 cm³/mol. The number of rotatable bonds is 11. The number of aliphatic hydroxyl groups excluding tert-OH is 1. The Hall–Kier alpha value is -2.65. The van der Waals surface area contributed by atoms with Crippen LogP contribution in [0.3, 0.4) is 0 Å². The Morgan fingerprint density at radius 2 is 1.88 bits per heavy atom. The number of nitro benzene ring substituents is 1. The molecule has 6 rings (SSSR count). The molecular formula is C29H36N2O10S. The van der Waals surface area contributed by atoms with E-state index in [9.17, 15) is 28.7 Å². The van der Waals surface area contributed by atoms with Crippen molar-refractivity contribution >= 4 is 15.7 Å². The lowest BCUT2D eigenvalue weighted by Crippen LogP contribution is -2.55. The van der Waals surface area contributed by atoms with Crippen molar-refractivity contribution in [2.45, 2.75) is 86.7 Å². The highest BCUT2D eigenvalue weighted by Gasteiger charge is 2.82. The van der Waals surface area contributed by atoms with Gasteiger partial charge in [-0.05, 0) is 61.8 Å². The van der Waals surface area contributed by atoms with Gasteiger partial charge < -0.3 is 24.4 Å². The van der Waals surface area contributed by atoms with Gasteiger partial charge in [0.1, 0.15) is 11.4 Å². The van der Waals surface area contributed by atoms with Crippen LogP contribution in [0.4, 0.5) is 5.69 Å². The quantitative estimate of drug-likeness (QED) is 0.286. The van der Waals surface area contributed by atoms with Crippen LogP contribution in [0.5, 0.6) is 5.75 Å². The van der Waals surface area contributed by atoms with Gasteiger partial charge in [-0.2, -0.15) is 0 Å². The van der Waals surface area contributed by atoms with Crippen LogP contribution >= 0.6 is 0 Å². The average molecular weight is 605 g/mol. The molecule has 13 heteroatoms. The lowest BCUT2D eigenvalue weighted by molar-refractivity contribution is -0.387. The van der Waals surface area contributed by atoms with E-state index in [2.05, 4.69) is 0 Å². The van der Waals surface area contributed by atoms with E-state index in [0.29, 0.717) is 43.4 Å². The van der Waals surface area contributed by atoms with E-state index in [-0.39, 0.29) is 25.2 Å². The van der Waals surface area contributed by atoms with Crippen LogP contribution < -0.4 is 4.74 Å². The summed E-state index contributed by atoms with van der Waals surface area (Å²) in [7, 11) is -2.90. The number of hydrogen-bond donors (Lipinski definition) is 2. The highest BCUT2D eigenvalue weighted by molar-refractivity contribution is 7.89. The fourth-order valence-electron chi connectivity index (χ4n) is 8.04. The smallest absolute Gasteiger partial charge is 0.289 e. The van der Waals surface area contributed by atoms with Crippen molar-refractivity contribution in [3.05, 3.63) is 64.2 Å². The minimum Gasteiger partial charge on any atom is -0.497 e. The minimum absolute atomic E-state index is 0.0945. The summed E-state index contributed by atoms with van der Waals surface area (Å²) in [6.07, 6.45) is 3.32. The number of hydroxylamine groups is 1. The van der Waals surface area contributed by atoms with Gasteiger partial charge in [0, 0.05) is 30.9 Å². The summed E-state index contributed by atoms with van der Waals surface area (Å²) < 4.78 is 46.1. The fourth-order valence-corrected chi connectivity index (χ4v) is 9.48. The third kappa shape index (κ3) is 4.45. The molecule has 2 N–H and O–H groups in total. The van der Waals surface area contributed by atoms with E-state index in [4.69, 9.17) is 19.0 Å². The van der Waals surface area contributed by atoms with Crippen molar-refractivity contribution in [1.29, 1.82) is 0 Å². The second kappa shape index (κ2) is 10.8. The van der Waals surface area contributed by atoms with E-state index in [1.54, 1.807) is 31.4 Å². The predicted octanol–water partition coefficient (Wildman–Crippen LogP) is 3.65. The third-order valence-corrected chi connectivity index (χ3v) is 11.4. The molecule has 4 fully saturated rings. The van der Waals surface area contributed by atoms with Crippen molar-refractivity contribution in [3.63, 3.8) is 0 Å². The van der Waals surface area contributed by atoms with Crippen LogP contribution in [0.25, 0.3) is 0 Å². The normalized spacial score (nSPS) is 33.5. The number of aliphatic hydroxyl groups is 2. The summed E-state index contributed by atoms with van der Waals surface area (Å²) >= 11 is 0. The largest absolute Gasteiger partial charge is 0.497 e. The zero-order chi connectivity index (χ0) is 29.8. The fraction of sp³-hybridized carbons (Fsp3) is 0.586. The van der Waals surface area contributed by atoms with Crippen LogP contribution in [-0.4, -0.2) is 65.5 Å². The van der Waals surface area contributed by atoms with Gasteiger partial charge in [0.25, 0.3) is 15.7 Å². The minimum atomic E-state index is -4.45. The van der Waals surface area contributed by atoms with E-state index in [0.717, 1.165) is 29.8 Å². The molecule has 2 bridgehead atoms. The van der Waals surface area contributed by atoms with Crippen LogP contribution in [0.15, 0.2) is 53.4 Å². The monoisotopic (exact) mass is 604 g/mol. The summed E-state index contributed by atoms with van der Waals surface area (Å²) in [6.45, 7) is -0.189. The first kappa shape index (κ1) is 29.4. The number of sulfonamides is 1. The van der Waals surface area contributed by atoms with E-state index < -0.39 is 48.6 Å². The summed E-state index contributed by atoms with van der Waals surface area (Å²) in [5.41, 5.74) is -1.52. The van der Waals surface area contributed by atoms with E-state index >= 15 is 0 Å².